The minimum Gasteiger partial charge on any atom is -0.494 e. The number of carbonyl (C=O) groups is 1. The molecule has 6 nitrogen and oxygen atoms in total. The number of nitrogens with zero attached hydrogens (tertiary/aromatic N) is 2. The van der Waals surface area contributed by atoms with E-state index in [0.717, 1.165) is 5.69 Å². The van der Waals surface area contributed by atoms with E-state index in [9.17, 15) is 9.18 Å². The summed E-state index contributed by atoms with van der Waals surface area (Å²) < 4.78 is 23.8. The summed E-state index contributed by atoms with van der Waals surface area (Å²) in [4.78, 5) is 16.3. The van der Waals surface area contributed by atoms with Gasteiger partial charge in [-0.05, 0) is 18.2 Å². The van der Waals surface area contributed by atoms with Gasteiger partial charge >= 0.3 is 0 Å². The zero-order chi connectivity index (χ0) is 17.1. The van der Waals surface area contributed by atoms with Crippen molar-refractivity contribution in [2.75, 3.05) is 38.2 Å². The van der Waals surface area contributed by atoms with Gasteiger partial charge in [0.2, 0.25) is 0 Å². The Hall–Kier alpha value is -1.96. The van der Waals surface area contributed by atoms with Crippen LogP contribution in [0.2, 0.25) is 0 Å². The molecule has 0 aliphatic carbocycles. The van der Waals surface area contributed by atoms with Crippen molar-refractivity contribution >= 4 is 36.4 Å². The molecule has 144 valence electrons. The zero-order valence-corrected chi connectivity index (χ0v) is 15.9. The fourth-order valence-electron chi connectivity index (χ4n) is 2.85. The minimum atomic E-state index is -0.333. The van der Waals surface area contributed by atoms with Crippen LogP contribution >= 0.6 is 24.8 Å². The third kappa shape index (κ3) is 4.60. The van der Waals surface area contributed by atoms with Crippen LogP contribution in [0.5, 0.6) is 5.75 Å². The van der Waals surface area contributed by atoms with Gasteiger partial charge in [0.1, 0.15) is 23.6 Å². The molecular weight excluding hydrogens is 384 g/mol. The van der Waals surface area contributed by atoms with E-state index in [0.29, 0.717) is 43.3 Å². The highest BCUT2D eigenvalue weighted by Gasteiger charge is 2.24. The van der Waals surface area contributed by atoms with Gasteiger partial charge in [0.05, 0.1) is 24.9 Å². The molecule has 1 amide bonds. The third-order valence-corrected chi connectivity index (χ3v) is 4.15. The average Bonchev–Trinajstić information content (AvgIpc) is 3.10. The third-order valence-electron chi connectivity index (χ3n) is 4.15. The van der Waals surface area contributed by atoms with Gasteiger partial charge in [-0.1, -0.05) is 0 Å². The van der Waals surface area contributed by atoms with Gasteiger partial charge in [0, 0.05) is 32.2 Å². The van der Waals surface area contributed by atoms with Crippen LogP contribution in [0.15, 0.2) is 34.9 Å². The second-order valence-electron chi connectivity index (χ2n) is 5.60. The summed E-state index contributed by atoms with van der Waals surface area (Å²) in [6, 6.07) is 6.16. The molecule has 0 radical (unpaired) electrons. The summed E-state index contributed by atoms with van der Waals surface area (Å²) in [6.45, 7) is 2.71. The van der Waals surface area contributed by atoms with Crippen molar-refractivity contribution in [1.29, 1.82) is 0 Å². The van der Waals surface area contributed by atoms with E-state index in [2.05, 4.69) is 4.90 Å². The summed E-state index contributed by atoms with van der Waals surface area (Å²) in [5, 5.41) is 0. The Kier molecular flexibility index (Phi) is 8.20. The molecule has 1 aliphatic heterocycles. The van der Waals surface area contributed by atoms with Crippen molar-refractivity contribution in [3.63, 3.8) is 0 Å². The Morgan fingerprint density at radius 2 is 1.92 bits per heavy atom. The number of furan rings is 1. The molecule has 1 saturated heterocycles. The Morgan fingerprint density at radius 3 is 2.50 bits per heavy atom. The number of benzene rings is 1. The topological polar surface area (TPSA) is 71.9 Å². The molecule has 9 heteroatoms. The molecular formula is C17H22Cl2FN3O3. The van der Waals surface area contributed by atoms with E-state index >= 15 is 0 Å². The average molecular weight is 406 g/mol. The maximum atomic E-state index is 13.3. The van der Waals surface area contributed by atoms with E-state index < -0.39 is 0 Å². The van der Waals surface area contributed by atoms with Crippen LogP contribution in [0.1, 0.15) is 16.1 Å². The first-order valence-electron chi connectivity index (χ1n) is 7.77. The summed E-state index contributed by atoms with van der Waals surface area (Å²) in [5.74, 6) is 0.689. The first-order chi connectivity index (χ1) is 11.6. The lowest BCUT2D eigenvalue weighted by Gasteiger charge is -2.36. The predicted molar refractivity (Wildman–Crippen MR) is 102 cm³/mol. The quantitative estimate of drug-likeness (QED) is 0.846. The van der Waals surface area contributed by atoms with Gasteiger partial charge in [-0.3, -0.25) is 4.79 Å². The van der Waals surface area contributed by atoms with Crippen molar-refractivity contribution in [1.82, 2.24) is 4.90 Å². The van der Waals surface area contributed by atoms with Gasteiger partial charge in [0.25, 0.3) is 5.91 Å². The fraction of sp³-hybridized carbons (Fsp3) is 0.353. The van der Waals surface area contributed by atoms with Gasteiger partial charge in [-0.25, -0.2) is 4.39 Å². The number of anilines is 1. The number of piperazine rings is 1. The Balaban J connectivity index is 0.00000169. The zero-order valence-electron chi connectivity index (χ0n) is 14.3. The number of ether oxygens (including phenoxy) is 1. The summed E-state index contributed by atoms with van der Waals surface area (Å²) in [5.41, 5.74) is 6.85. The van der Waals surface area contributed by atoms with Crippen molar-refractivity contribution < 1.29 is 18.3 Å². The van der Waals surface area contributed by atoms with E-state index in [1.54, 1.807) is 17.0 Å². The van der Waals surface area contributed by atoms with Gasteiger partial charge in [0.15, 0.2) is 0 Å². The number of carbonyl (C=O) groups excluding carboxylic acids is 1. The molecule has 2 N–H and O–H groups in total. The van der Waals surface area contributed by atoms with Gasteiger partial charge in [-0.2, -0.15) is 0 Å². The number of nitrogens with two attached hydrogens (primary N) is 1. The number of hydrogen-bond acceptors (Lipinski definition) is 5. The van der Waals surface area contributed by atoms with Crippen LogP contribution in [-0.2, 0) is 6.54 Å². The fourth-order valence-corrected chi connectivity index (χ4v) is 2.85. The standard InChI is InChI=1S/C17H20FN3O3.2ClH/c1-23-16-9-13(18)2-3-15(16)20-4-6-21(7-5-20)17(22)12-8-14(10-19)24-11-12;;/h2-3,8-9,11H,4-7,10,19H2,1H3;2*1H. The second kappa shape index (κ2) is 9.66. The molecule has 1 aromatic carbocycles. The highest BCUT2D eigenvalue weighted by Crippen LogP contribution is 2.29. The number of amides is 1. The summed E-state index contributed by atoms with van der Waals surface area (Å²) >= 11 is 0. The molecule has 1 aliphatic rings. The molecule has 26 heavy (non-hydrogen) atoms. The van der Waals surface area contributed by atoms with E-state index in [1.807, 2.05) is 0 Å². The number of methoxy groups -OCH3 is 1. The Bertz CT molecular complexity index is 734. The molecule has 0 spiro atoms. The van der Waals surface area contributed by atoms with Crippen LogP contribution in [0.3, 0.4) is 0 Å². The maximum Gasteiger partial charge on any atom is 0.257 e. The minimum absolute atomic E-state index is 0. The Morgan fingerprint density at radius 1 is 1.23 bits per heavy atom. The largest absolute Gasteiger partial charge is 0.494 e. The molecule has 0 unspecified atom stereocenters. The molecule has 3 rings (SSSR count). The van der Waals surface area contributed by atoms with Gasteiger partial charge in [-0.15, -0.1) is 24.8 Å². The molecule has 0 saturated carbocycles. The van der Waals surface area contributed by atoms with Crippen LogP contribution in [0.25, 0.3) is 0 Å². The number of hydrogen-bond donors (Lipinski definition) is 1. The first kappa shape index (κ1) is 22.1. The van der Waals surface area contributed by atoms with E-state index in [-0.39, 0.29) is 43.1 Å². The maximum absolute atomic E-state index is 13.3. The number of halogens is 3. The van der Waals surface area contributed by atoms with Gasteiger partial charge < -0.3 is 24.7 Å². The van der Waals surface area contributed by atoms with Crippen molar-refractivity contribution in [3.8, 4) is 5.75 Å². The first-order valence-corrected chi connectivity index (χ1v) is 7.77. The molecule has 2 aromatic rings. The number of rotatable bonds is 4. The lowest BCUT2D eigenvalue weighted by Crippen LogP contribution is -2.48. The second-order valence-corrected chi connectivity index (χ2v) is 5.60. The lowest BCUT2D eigenvalue weighted by molar-refractivity contribution is 0.0746. The SMILES string of the molecule is COc1cc(F)ccc1N1CCN(C(=O)c2coc(CN)c2)CC1.Cl.Cl. The highest BCUT2D eigenvalue weighted by molar-refractivity contribution is 5.94. The molecule has 0 bridgehead atoms. The van der Waals surface area contributed by atoms with E-state index in [1.165, 1.54) is 25.5 Å². The molecule has 2 heterocycles. The van der Waals surface area contributed by atoms with Crippen molar-refractivity contribution in [2.45, 2.75) is 6.54 Å². The van der Waals surface area contributed by atoms with Crippen LogP contribution < -0.4 is 15.4 Å². The Labute approximate surface area is 163 Å². The highest BCUT2D eigenvalue weighted by atomic mass is 35.5. The predicted octanol–water partition coefficient (Wildman–Crippen LogP) is 2.69. The summed E-state index contributed by atoms with van der Waals surface area (Å²) in [7, 11) is 1.52. The molecule has 1 fully saturated rings. The molecule has 1 aromatic heterocycles. The van der Waals surface area contributed by atoms with Crippen LogP contribution in [0, 0.1) is 5.82 Å². The van der Waals surface area contributed by atoms with E-state index in [4.69, 9.17) is 14.9 Å². The monoisotopic (exact) mass is 405 g/mol. The lowest BCUT2D eigenvalue weighted by atomic mass is 10.2. The van der Waals surface area contributed by atoms with Crippen molar-refractivity contribution in [2.24, 2.45) is 5.73 Å². The molecule has 0 atom stereocenters. The van der Waals surface area contributed by atoms with Crippen LogP contribution in [0.4, 0.5) is 10.1 Å². The summed E-state index contributed by atoms with van der Waals surface area (Å²) in [6.07, 6.45) is 1.44. The van der Waals surface area contributed by atoms with Crippen LogP contribution in [-0.4, -0.2) is 44.1 Å². The normalized spacial score (nSPS) is 13.7. The van der Waals surface area contributed by atoms with Crippen molar-refractivity contribution in [3.05, 3.63) is 47.7 Å². The smallest absolute Gasteiger partial charge is 0.257 e.